The predicted molar refractivity (Wildman–Crippen MR) is 97.9 cm³/mol. The summed E-state index contributed by atoms with van der Waals surface area (Å²) in [5, 5.41) is 3.96. The van der Waals surface area contributed by atoms with Gasteiger partial charge in [0, 0.05) is 37.9 Å². The molecule has 126 valence electrons. The first-order valence-corrected chi connectivity index (χ1v) is 9.23. The van der Waals surface area contributed by atoms with Crippen LogP contribution in [0.5, 0.6) is 0 Å². The van der Waals surface area contributed by atoms with Crippen LogP contribution in [0.1, 0.15) is 30.2 Å². The first kappa shape index (κ1) is 15.8. The van der Waals surface area contributed by atoms with Crippen LogP contribution < -0.4 is 5.32 Å². The molecule has 2 aliphatic rings. The summed E-state index contributed by atoms with van der Waals surface area (Å²) in [6.07, 6.45) is 5.51. The molecule has 24 heavy (non-hydrogen) atoms. The smallest absolute Gasteiger partial charge is 0.0543 e. The van der Waals surface area contributed by atoms with Gasteiger partial charge >= 0.3 is 0 Å². The lowest BCUT2D eigenvalue weighted by molar-refractivity contribution is 0.133. The van der Waals surface area contributed by atoms with E-state index in [4.69, 9.17) is 0 Å². The van der Waals surface area contributed by atoms with Crippen LogP contribution >= 0.6 is 0 Å². The van der Waals surface area contributed by atoms with Crippen molar-refractivity contribution in [1.29, 1.82) is 0 Å². The summed E-state index contributed by atoms with van der Waals surface area (Å²) in [4.78, 5) is 7.02. The van der Waals surface area contributed by atoms with Crippen molar-refractivity contribution in [1.82, 2.24) is 15.2 Å². The topological polar surface area (TPSA) is 28.2 Å². The van der Waals surface area contributed by atoms with E-state index in [2.05, 4.69) is 58.5 Å². The molecule has 1 saturated heterocycles. The first-order valence-electron chi connectivity index (χ1n) is 9.23. The van der Waals surface area contributed by atoms with Crippen LogP contribution in [-0.2, 0) is 19.4 Å². The maximum absolute atomic E-state index is 4.47. The summed E-state index contributed by atoms with van der Waals surface area (Å²) in [7, 11) is 0. The lowest BCUT2D eigenvalue weighted by Crippen LogP contribution is -2.51. The van der Waals surface area contributed by atoms with Crippen LogP contribution in [0, 0.1) is 5.92 Å². The molecule has 0 saturated carbocycles. The van der Waals surface area contributed by atoms with E-state index in [0.717, 1.165) is 19.6 Å². The van der Waals surface area contributed by atoms with Gasteiger partial charge in [-0.3, -0.25) is 9.88 Å². The maximum Gasteiger partial charge on any atom is 0.0543 e. The summed E-state index contributed by atoms with van der Waals surface area (Å²) in [5.74, 6) is 0.686. The maximum atomic E-state index is 4.47. The van der Waals surface area contributed by atoms with Crippen LogP contribution in [-0.4, -0.2) is 35.1 Å². The SMILES string of the molecule is C[C@H]1CN(Cc2ccccn2)CC[C@@H]1NC1Cc2ccccc2C1. The second-order valence-corrected chi connectivity index (χ2v) is 7.47. The third kappa shape index (κ3) is 3.52. The van der Waals surface area contributed by atoms with Gasteiger partial charge in [-0.25, -0.2) is 0 Å². The Morgan fingerprint density at radius 2 is 1.83 bits per heavy atom. The summed E-state index contributed by atoms with van der Waals surface area (Å²) < 4.78 is 0. The number of hydrogen-bond donors (Lipinski definition) is 1. The van der Waals surface area contributed by atoms with Crippen molar-refractivity contribution >= 4 is 0 Å². The van der Waals surface area contributed by atoms with E-state index in [1.165, 1.54) is 36.1 Å². The summed E-state index contributed by atoms with van der Waals surface area (Å²) >= 11 is 0. The molecule has 1 aromatic carbocycles. The molecule has 1 aliphatic heterocycles. The third-order valence-electron chi connectivity index (χ3n) is 5.60. The van der Waals surface area contributed by atoms with Gasteiger partial charge in [0.25, 0.3) is 0 Å². The minimum absolute atomic E-state index is 0.622. The van der Waals surface area contributed by atoms with E-state index < -0.39 is 0 Å². The van der Waals surface area contributed by atoms with Crippen molar-refractivity contribution in [2.45, 2.75) is 44.8 Å². The Balaban J connectivity index is 1.30. The van der Waals surface area contributed by atoms with E-state index in [1.807, 2.05) is 12.3 Å². The number of rotatable bonds is 4. The van der Waals surface area contributed by atoms with Gasteiger partial charge in [0.05, 0.1) is 5.69 Å². The standard InChI is InChI=1S/C21H27N3/c1-16-14-24(15-19-8-4-5-10-22-19)11-9-21(16)23-20-12-17-6-2-3-7-18(17)13-20/h2-8,10,16,20-21,23H,9,11-15H2,1H3/t16-,21-/m0/s1. The normalized spacial score (nSPS) is 24.9. The molecule has 0 bridgehead atoms. The predicted octanol–water partition coefficient (Wildman–Crippen LogP) is 3.05. The minimum atomic E-state index is 0.622. The number of piperidine rings is 1. The fourth-order valence-electron chi connectivity index (χ4n) is 4.32. The average Bonchev–Trinajstić information content (AvgIpc) is 3.01. The highest BCUT2D eigenvalue weighted by molar-refractivity contribution is 5.33. The molecule has 3 heteroatoms. The van der Waals surface area contributed by atoms with E-state index in [-0.39, 0.29) is 0 Å². The Kier molecular flexibility index (Phi) is 4.63. The van der Waals surface area contributed by atoms with Gasteiger partial charge in [-0.05, 0) is 48.4 Å². The first-order chi connectivity index (χ1) is 11.8. The van der Waals surface area contributed by atoms with Crippen molar-refractivity contribution in [2.24, 2.45) is 5.92 Å². The molecule has 1 aliphatic carbocycles. The van der Waals surface area contributed by atoms with Gasteiger partial charge in [0.15, 0.2) is 0 Å². The van der Waals surface area contributed by atoms with Crippen molar-refractivity contribution in [2.75, 3.05) is 13.1 Å². The molecule has 3 nitrogen and oxygen atoms in total. The van der Waals surface area contributed by atoms with Gasteiger partial charge < -0.3 is 5.32 Å². The van der Waals surface area contributed by atoms with Crippen molar-refractivity contribution < 1.29 is 0 Å². The van der Waals surface area contributed by atoms with Gasteiger partial charge in [0.1, 0.15) is 0 Å². The van der Waals surface area contributed by atoms with Gasteiger partial charge in [0.2, 0.25) is 0 Å². The molecule has 1 aromatic heterocycles. The molecule has 0 unspecified atom stereocenters. The molecule has 0 spiro atoms. The van der Waals surface area contributed by atoms with Gasteiger partial charge in [-0.15, -0.1) is 0 Å². The van der Waals surface area contributed by atoms with Gasteiger partial charge in [-0.2, -0.15) is 0 Å². The second-order valence-electron chi connectivity index (χ2n) is 7.47. The Bertz CT molecular complexity index is 645. The number of nitrogens with one attached hydrogen (secondary N) is 1. The molecular formula is C21H27N3. The molecular weight excluding hydrogens is 294 g/mol. The Morgan fingerprint density at radius 1 is 1.08 bits per heavy atom. The zero-order valence-corrected chi connectivity index (χ0v) is 14.5. The Morgan fingerprint density at radius 3 is 2.50 bits per heavy atom. The van der Waals surface area contributed by atoms with Crippen LogP contribution in [0.15, 0.2) is 48.7 Å². The number of nitrogens with zero attached hydrogens (tertiary/aromatic N) is 2. The van der Waals surface area contributed by atoms with E-state index in [0.29, 0.717) is 18.0 Å². The second kappa shape index (κ2) is 7.04. The number of fused-ring (bicyclic) bond motifs is 1. The molecule has 0 amide bonds. The molecule has 0 radical (unpaired) electrons. The van der Waals surface area contributed by atoms with Crippen molar-refractivity contribution in [3.63, 3.8) is 0 Å². The summed E-state index contributed by atoms with van der Waals surface area (Å²) in [6.45, 7) is 5.70. The highest BCUT2D eigenvalue weighted by Gasteiger charge is 2.30. The summed E-state index contributed by atoms with van der Waals surface area (Å²) in [6, 6.07) is 16.4. The molecule has 1 N–H and O–H groups in total. The van der Waals surface area contributed by atoms with Crippen molar-refractivity contribution in [3.05, 3.63) is 65.5 Å². The average molecular weight is 321 g/mol. The number of likely N-dealkylation sites (tertiary alicyclic amines) is 1. The fourth-order valence-corrected chi connectivity index (χ4v) is 4.32. The number of hydrogen-bond acceptors (Lipinski definition) is 3. The molecule has 2 aromatic rings. The lowest BCUT2D eigenvalue weighted by atomic mass is 9.92. The van der Waals surface area contributed by atoms with Crippen LogP contribution in [0.4, 0.5) is 0 Å². The third-order valence-corrected chi connectivity index (χ3v) is 5.60. The number of benzene rings is 1. The van der Waals surface area contributed by atoms with Crippen LogP contribution in [0.25, 0.3) is 0 Å². The van der Waals surface area contributed by atoms with Crippen LogP contribution in [0.3, 0.4) is 0 Å². The monoisotopic (exact) mass is 321 g/mol. The minimum Gasteiger partial charge on any atom is -0.310 e. The molecule has 2 heterocycles. The van der Waals surface area contributed by atoms with Gasteiger partial charge in [-0.1, -0.05) is 37.3 Å². The largest absolute Gasteiger partial charge is 0.310 e. The number of pyridine rings is 1. The zero-order chi connectivity index (χ0) is 16.4. The Labute approximate surface area is 145 Å². The lowest BCUT2D eigenvalue weighted by Gasteiger charge is -2.38. The molecule has 2 atom stereocenters. The van der Waals surface area contributed by atoms with E-state index in [1.54, 1.807) is 0 Å². The molecule has 1 fully saturated rings. The highest BCUT2D eigenvalue weighted by atomic mass is 15.2. The zero-order valence-electron chi connectivity index (χ0n) is 14.5. The highest BCUT2D eigenvalue weighted by Crippen LogP contribution is 2.25. The van der Waals surface area contributed by atoms with E-state index in [9.17, 15) is 0 Å². The Hall–Kier alpha value is -1.71. The molecule has 4 rings (SSSR count). The fraction of sp³-hybridized carbons (Fsp3) is 0.476. The van der Waals surface area contributed by atoms with E-state index >= 15 is 0 Å². The summed E-state index contributed by atoms with van der Waals surface area (Å²) in [5.41, 5.74) is 4.26. The quantitative estimate of drug-likeness (QED) is 0.938. The number of aromatic nitrogens is 1. The van der Waals surface area contributed by atoms with Crippen LogP contribution in [0.2, 0.25) is 0 Å². The van der Waals surface area contributed by atoms with Crippen molar-refractivity contribution in [3.8, 4) is 0 Å².